The molecule has 0 bridgehead atoms. The Labute approximate surface area is 128 Å². The lowest BCUT2D eigenvalue weighted by molar-refractivity contribution is 0.459. The molecule has 0 spiro atoms. The van der Waals surface area contributed by atoms with Crippen LogP contribution in [0.15, 0.2) is 24.3 Å². The Morgan fingerprint density at radius 2 is 1.33 bits per heavy atom. The molecule has 0 aliphatic carbocycles. The Kier molecular flexibility index (Phi) is 4.41. The third-order valence-corrected chi connectivity index (χ3v) is 4.49. The number of hydrogen-bond acceptors (Lipinski definition) is 1. The Hall–Kier alpha value is -1.76. The zero-order valence-corrected chi connectivity index (χ0v) is 14.0. The monoisotopic (exact) mass is 282 g/mol. The molecule has 112 valence electrons. The first-order valence-corrected chi connectivity index (χ1v) is 7.73. The summed E-state index contributed by atoms with van der Waals surface area (Å²) in [5.74, 6) is 0.702. The molecular formula is C20H26O. The smallest absolute Gasteiger partial charge is 0.122 e. The molecule has 0 aromatic heterocycles. The standard InChI is InChI=1S/C20H26O/c1-7-17(18-10-12(2)8-14(4)16(18)6)19-11-13(3)9-15(5)20(19)21/h8-11,17,21H,7H2,1-6H3. The van der Waals surface area contributed by atoms with Gasteiger partial charge in [-0.15, -0.1) is 0 Å². The van der Waals surface area contributed by atoms with Gasteiger partial charge in [0.15, 0.2) is 0 Å². The third-order valence-electron chi connectivity index (χ3n) is 4.49. The molecule has 0 saturated carbocycles. The summed E-state index contributed by atoms with van der Waals surface area (Å²) in [6, 6.07) is 8.67. The van der Waals surface area contributed by atoms with Gasteiger partial charge in [0.1, 0.15) is 5.75 Å². The van der Waals surface area contributed by atoms with Crippen LogP contribution in [0.25, 0.3) is 0 Å². The van der Waals surface area contributed by atoms with E-state index in [0.29, 0.717) is 5.75 Å². The lowest BCUT2D eigenvalue weighted by Crippen LogP contribution is -2.05. The van der Waals surface area contributed by atoms with Gasteiger partial charge in [-0.3, -0.25) is 0 Å². The van der Waals surface area contributed by atoms with E-state index in [0.717, 1.165) is 17.5 Å². The van der Waals surface area contributed by atoms with Crippen LogP contribution in [0.2, 0.25) is 0 Å². The molecule has 2 aromatic rings. The Balaban J connectivity index is 2.66. The van der Waals surface area contributed by atoms with Crippen LogP contribution in [0.3, 0.4) is 0 Å². The first kappa shape index (κ1) is 15.6. The molecular weight excluding hydrogens is 256 g/mol. The van der Waals surface area contributed by atoms with Crippen molar-refractivity contribution in [3.63, 3.8) is 0 Å². The number of aryl methyl sites for hydroxylation is 4. The summed E-state index contributed by atoms with van der Waals surface area (Å²) < 4.78 is 0. The molecule has 0 saturated heterocycles. The van der Waals surface area contributed by atoms with E-state index < -0.39 is 0 Å². The maximum Gasteiger partial charge on any atom is 0.122 e. The van der Waals surface area contributed by atoms with Gasteiger partial charge in [-0.1, -0.05) is 42.3 Å². The summed E-state index contributed by atoms with van der Waals surface area (Å²) >= 11 is 0. The SMILES string of the molecule is CCC(c1cc(C)cc(C)c1C)c1cc(C)cc(C)c1O. The second-order valence-electron chi connectivity index (χ2n) is 6.28. The van der Waals surface area contributed by atoms with Crippen molar-refractivity contribution in [1.82, 2.24) is 0 Å². The molecule has 1 atom stereocenters. The largest absolute Gasteiger partial charge is 0.507 e. The second kappa shape index (κ2) is 5.93. The van der Waals surface area contributed by atoms with Crippen molar-refractivity contribution in [3.8, 4) is 5.75 Å². The van der Waals surface area contributed by atoms with Crippen LogP contribution in [0.1, 0.15) is 58.2 Å². The topological polar surface area (TPSA) is 20.2 Å². The normalized spacial score (nSPS) is 12.5. The number of phenols is 1. The van der Waals surface area contributed by atoms with Gasteiger partial charge in [-0.25, -0.2) is 0 Å². The highest BCUT2D eigenvalue weighted by molar-refractivity contribution is 5.51. The van der Waals surface area contributed by atoms with Gasteiger partial charge < -0.3 is 5.11 Å². The van der Waals surface area contributed by atoms with Crippen molar-refractivity contribution < 1.29 is 5.11 Å². The summed E-state index contributed by atoms with van der Waals surface area (Å²) in [4.78, 5) is 0. The van der Waals surface area contributed by atoms with Gasteiger partial charge in [0.25, 0.3) is 0 Å². The second-order valence-corrected chi connectivity index (χ2v) is 6.28. The van der Waals surface area contributed by atoms with E-state index in [2.05, 4.69) is 52.8 Å². The fourth-order valence-corrected chi connectivity index (χ4v) is 3.30. The van der Waals surface area contributed by atoms with E-state index in [9.17, 15) is 5.11 Å². The van der Waals surface area contributed by atoms with Gasteiger partial charge in [0.2, 0.25) is 0 Å². The average molecular weight is 282 g/mol. The molecule has 1 unspecified atom stereocenters. The highest BCUT2D eigenvalue weighted by Crippen LogP contribution is 2.38. The van der Waals surface area contributed by atoms with E-state index in [1.54, 1.807) is 0 Å². The minimum atomic E-state index is 0.252. The van der Waals surface area contributed by atoms with Crippen LogP contribution in [0.4, 0.5) is 0 Å². The lowest BCUT2D eigenvalue weighted by Gasteiger charge is -2.22. The number of phenolic OH excluding ortho intramolecular Hbond substituents is 1. The number of benzene rings is 2. The average Bonchev–Trinajstić information content (AvgIpc) is 2.41. The molecule has 0 aliphatic heterocycles. The van der Waals surface area contributed by atoms with Crippen molar-refractivity contribution >= 4 is 0 Å². The van der Waals surface area contributed by atoms with E-state index in [-0.39, 0.29) is 5.92 Å². The van der Waals surface area contributed by atoms with Crippen LogP contribution >= 0.6 is 0 Å². The van der Waals surface area contributed by atoms with Gasteiger partial charge in [0.05, 0.1) is 0 Å². The summed E-state index contributed by atoms with van der Waals surface area (Å²) in [5.41, 5.74) is 8.53. The lowest BCUT2D eigenvalue weighted by atomic mass is 9.82. The van der Waals surface area contributed by atoms with Crippen molar-refractivity contribution in [2.45, 2.75) is 53.9 Å². The van der Waals surface area contributed by atoms with Crippen molar-refractivity contribution in [2.24, 2.45) is 0 Å². The van der Waals surface area contributed by atoms with Gasteiger partial charge in [-0.2, -0.15) is 0 Å². The minimum absolute atomic E-state index is 0.252. The summed E-state index contributed by atoms with van der Waals surface area (Å²) in [6.45, 7) is 12.8. The summed E-state index contributed by atoms with van der Waals surface area (Å²) in [6.07, 6.45) is 0.986. The van der Waals surface area contributed by atoms with Crippen molar-refractivity contribution in [3.05, 3.63) is 63.2 Å². The van der Waals surface area contributed by atoms with Crippen molar-refractivity contribution in [1.29, 1.82) is 0 Å². The first-order valence-electron chi connectivity index (χ1n) is 7.73. The number of hydrogen-bond donors (Lipinski definition) is 1. The fraction of sp³-hybridized carbons (Fsp3) is 0.400. The summed E-state index contributed by atoms with van der Waals surface area (Å²) in [7, 11) is 0. The minimum Gasteiger partial charge on any atom is -0.507 e. The van der Waals surface area contributed by atoms with Crippen molar-refractivity contribution in [2.75, 3.05) is 0 Å². The Morgan fingerprint density at radius 1 is 0.810 bits per heavy atom. The molecule has 0 fully saturated rings. The van der Waals surface area contributed by atoms with Crippen LogP contribution in [-0.2, 0) is 0 Å². The van der Waals surface area contributed by atoms with Gasteiger partial charge >= 0.3 is 0 Å². The third kappa shape index (κ3) is 2.97. The molecule has 21 heavy (non-hydrogen) atoms. The van der Waals surface area contributed by atoms with E-state index in [4.69, 9.17) is 0 Å². The van der Waals surface area contributed by atoms with Crippen LogP contribution in [-0.4, -0.2) is 5.11 Å². The van der Waals surface area contributed by atoms with Gasteiger partial charge in [-0.05, 0) is 63.3 Å². The van der Waals surface area contributed by atoms with Crippen LogP contribution in [0, 0.1) is 34.6 Å². The predicted octanol–water partition coefficient (Wildman–Crippen LogP) is 5.48. The molecule has 1 heteroatoms. The number of rotatable bonds is 3. The molecule has 0 heterocycles. The maximum absolute atomic E-state index is 10.5. The molecule has 1 nitrogen and oxygen atoms in total. The van der Waals surface area contributed by atoms with E-state index in [1.165, 1.54) is 27.8 Å². The zero-order chi connectivity index (χ0) is 15.7. The quantitative estimate of drug-likeness (QED) is 0.790. The molecule has 2 rings (SSSR count). The van der Waals surface area contributed by atoms with Crippen LogP contribution in [0.5, 0.6) is 5.75 Å². The maximum atomic E-state index is 10.5. The fourth-order valence-electron chi connectivity index (χ4n) is 3.30. The zero-order valence-electron chi connectivity index (χ0n) is 14.0. The number of aromatic hydroxyl groups is 1. The highest BCUT2D eigenvalue weighted by Gasteiger charge is 2.20. The Bertz CT molecular complexity index is 611. The molecule has 0 aliphatic rings. The molecule has 2 aromatic carbocycles. The predicted molar refractivity (Wildman–Crippen MR) is 90.4 cm³/mol. The first-order chi connectivity index (χ1) is 9.85. The highest BCUT2D eigenvalue weighted by atomic mass is 16.3. The summed E-state index contributed by atoms with van der Waals surface area (Å²) in [5, 5.41) is 10.5. The molecule has 0 radical (unpaired) electrons. The van der Waals surface area contributed by atoms with Gasteiger partial charge in [0, 0.05) is 11.5 Å². The molecule has 1 N–H and O–H groups in total. The van der Waals surface area contributed by atoms with E-state index in [1.807, 2.05) is 13.0 Å². The van der Waals surface area contributed by atoms with Crippen LogP contribution < -0.4 is 0 Å². The Morgan fingerprint density at radius 3 is 1.90 bits per heavy atom. The molecule has 0 amide bonds. The van der Waals surface area contributed by atoms with E-state index >= 15 is 0 Å².